The van der Waals surface area contributed by atoms with Crippen molar-refractivity contribution in [3.05, 3.63) is 95.3 Å². The highest BCUT2D eigenvalue weighted by Gasteiger charge is 2.23. The molecule has 6 nitrogen and oxygen atoms in total. The normalized spacial score (nSPS) is 12.8. The Morgan fingerprint density at radius 3 is 2.47 bits per heavy atom. The number of amides is 1. The molecule has 0 radical (unpaired) electrons. The van der Waals surface area contributed by atoms with Crippen LogP contribution in [0.3, 0.4) is 0 Å². The van der Waals surface area contributed by atoms with E-state index in [0.717, 1.165) is 29.7 Å². The molecule has 6 heteroatoms. The lowest BCUT2D eigenvalue weighted by Gasteiger charge is -2.21. The van der Waals surface area contributed by atoms with Crippen LogP contribution < -0.4 is 9.80 Å². The van der Waals surface area contributed by atoms with Crippen LogP contribution >= 0.6 is 0 Å². The lowest BCUT2D eigenvalue weighted by atomic mass is 9.90. The van der Waals surface area contributed by atoms with Crippen LogP contribution in [0.5, 0.6) is 0 Å². The molecule has 1 amide bonds. The van der Waals surface area contributed by atoms with Gasteiger partial charge in [0.05, 0.1) is 6.54 Å². The minimum Gasteiger partial charge on any atom is -0.378 e. The van der Waals surface area contributed by atoms with Crippen molar-refractivity contribution < 1.29 is 9.32 Å². The number of fused-ring (bicyclic) bond motifs is 1. The van der Waals surface area contributed by atoms with Gasteiger partial charge in [0.25, 0.3) is 5.91 Å². The molecule has 0 atom stereocenters. The van der Waals surface area contributed by atoms with Crippen molar-refractivity contribution in [3.8, 4) is 11.3 Å². The number of aromatic nitrogens is 2. The van der Waals surface area contributed by atoms with Gasteiger partial charge in [-0.1, -0.05) is 35.5 Å². The maximum atomic E-state index is 13.6. The van der Waals surface area contributed by atoms with Gasteiger partial charge in [0, 0.05) is 37.6 Å². The summed E-state index contributed by atoms with van der Waals surface area (Å²) in [5.74, 6) is 0.930. The van der Waals surface area contributed by atoms with Crippen LogP contribution in [0.25, 0.3) is 11.3 Å². The molecule has 1 aliphatic carbocycles. The number of hydrogen-bond acceptors (Lipinski definition) is 5. The molecular weight excluding hydrogens is 424 g/mol. The van der Waals surface area contributed by atoms with Gasteiger partial charge in [0.15, 0.2) is 11.5 Å². The molecule has 0 aliphatic heterocycles. The molecule has 1 aliphatic rings. The Bertz CT molecular complexity index is 1280. The highest BCUT2D eigenvalue weighted by Crippen LogP contribution is 2.29. The molecule has 0 spiro atoms. The predicted octanol–water partition coefficient (Wildman–Crippen LogP) is 5.53. The van der Waals surface area contributed by atoms with E-state index >= 15 is 0 Å². The summed E-state index contributed by atoms with van der Waals surface area (Å²) in [5, 5.41) is 4.13. The molecule has 0 saturated carbocycles. The summed E-state index contributed by atoms with van der Waals surface area (Å²) in [5.41, 5.74) is 6.10. The third kappa shape index (κ3) is 4.57. The molecule has 0 saturated heterocycles. The van der Waals surface area contributed by atoms with Crippen LogP contribution in [0, 0.1) is 0 Å². The van der Waals surface area contributed by atoms with E-state index in [9.17, 15) is 4.79 Å². The number of carbonyl (C=O) groups excluding carboxylic acids is 1. The van der Waals surface area contributed by atoms with E-state index in [-0.39, 0.29) is 11.6 Å². The molecule has 4 aromatic rings. The van der Waals surface area contributed by atoms with Crippen LogP contribution in [0.2, 0.25) is 0 Å². The fraction of sp³-hybridized carbons (Fsp3) is 0.250. The van der Waals surface area contributed by atoms with Gasteiger partial charge in [0.1, 0.15) is 5.82 Å². The zero-order chi connectivity index (χ0) is 23.5. The van der Waals surface area contributed by atoms with Crippen LogP contribution in [-0.4, -0.2) is 30.1 Å². The summed E-state index contributed by atoms with van der Waals surface area (Å²) in [6.07, 6.45) is 6.36. The quantitative estimate of drug-likeness (QED) is 0.385. The minimum absolute atomic E-state index is 0.247. The Labute approximate surface area is 199 Å². The number of anilines is 2. The fourth-order valence-corrected chi connectivity index (χ4v) is 4.39. The van der Waals surface area contributed by atoms with Crippen molar-refractivity contribution in [2.24, 2.45) is 0 Å². The Kier molecular flexibility index (Phi) is 6.12. The number of hydrogen-bond donors (Lipinski definition) is 0. The first kappa shape index (κ1) is 21.9. The molecule has 0 unspecified atom stereocenters. The van der Waals surface area contributed by atoms with E-state index < -0.39 is 0 Å². The highest BCUT2D eigenvalue weighted by atomic mass is 16.5. The molecule has 34 heavy (non-hydrogen) atoms. The Balaban J connectivity index is 1.42. The number of nitrogens with zero attached hydrogens (tertiary/aromatic N) is 4. The molecule has 2 heterocycles. The SMILES string of the molecule is CN(C)c1ccc(CN(C(=O)c2cc(-c3ccc4c(c3)CCCC4)on2)c2ccccn2)cc1. The largest absolute Gasteiger partial charge is 0.378 e. The highest BCUT2D eigenvalue weighted by molar-refractivity contribution is 6.04. The molecular formula is C28H28N4O2. The van der Waals surface area contributed by atoms with Gasteiger partial charge in [-0.05, 0) is 72.7 Å². The van der Waals surface area contributed by atoms with Gasteiger partial charge in [-0.25, -0.2) is 4.98 Å². The summed E-state index contributed by atoms with van der Waals surface area (Å²) < 4.78 is 5.62. The van der Waals surface area contributed by atoms with Crippen LogP contribution in [0.15, 0.2) is 77.4 Å². The Morgan fingerprint density at radius 2 is 1.74 bits per heavy atom. The second-order valence-electron chi connectivity index (χ2n) is 8.91. The lowest BCUT2D eigenvalue weighted by Crippen LogP contribution is -2.31. The van der Waals surface area contributed by atoms with E-state index in [2.05, 4.69) is 28.3 Å². The minimum atomic E-state index is -0.247. The van der Waals surface area contributed by atoms with Crippen molar-refractivity contribution in [1.82, 2.24) is 10.1 Å². The molecule has 2 aromatic carbocycles. The number of carbonyl (C=O) groups is 1. The lowest BCUT2D eigenvalue weighted by molar-refractivity contribution is 0.0975. The molecule has 0 fully saturated rings. The number of aryl methyl sites for hydroxylation is 2. The summed E-state index contributed by atoms with van der Waals surface area (Å²) in [7, 11) is 4.01. The van der Waals surface area contributed by atoms with Crippen molar-refractivity contribution in [2.45, 2.75) is 32.2 Å². The van der Waals surface area contributed by atoms with Crippen LogP contribution in [0.4, 0.5) is 11.5 Å². The first-order valence-electron chi connectivity index (χ1n) is 11.7. The standard InChI is InChI=1S/C28H28N4O2/c1-31(2)24-14-10-20(11-15-24)19-32(27-9-5-6-16-29-27)28(33)25-18-26(34-30-25)23-13-12-21-7-3-4-8-22(21)17-23/h5-6,9-18H,3-4,7-8,19H2,1-2H3. The second-order valence-corrected chi connectivity index (χ2v) is 8.91. The van der Waals surface area contributed by atoms with E-state index in [1.54, 1.807) is 17.2 Å². The van der Waals surface area contributed by atoms with Crippen molar-refractivity contribution in [3.63, 3.8) is 0 Å². The number of benzene rings is 2. The van der Waals surface area contributed by atoms with Crippen LogP contribution in [0.1, 0.15) is 40.0 Å². The maximum absolute atomic E-state index is 13.6. The molecule has 5 rings (SSSR count). The summed E-state index contributed by atoms with van der Waals surface area (Å²) in [6, 6.07) is 21.8. The third-order valence-electron chi connectivity index (χ3n) is 6.33. The smallest absolute Gasteiger partial charge is 0.281 e. The van der Waals surface area contributed by atoms with E-state index in [0.29, 0.717) is 18.1 Å². The zero-order valence-corrected chi connectivity index (χ0v) is 19.6. The Hall–Kier alpha value is -3.93. The van der Waals surface area contributed by atoms with Crippen molar-refractivity contribution in [2.75, 3.05) is 23.9 Å². The second kappa shape index (κ2) is 9.51. The average Bonchev–Trinajstić information content (AvgIpc) is 3.38. The Morgan fingerprint density at radius 1 is 0.941 bits per heavy atom. The number of pyridine rings is 1. The van der Waals surface area contributed by atoms with Gasteiger partial charge in [0.2, 0.25) is 0 Å². The first-order chi connectivity index (χ1) is 16.6. The van der Waals surface area contributed by atoms with Gasteiger partial charge >= 0.3 is 0 Å². The number of rotatable bonds is 6. The maximum Gasteiger partial charge on any atom is 0.281 e. The molecule has 0 N–H and O–H groups in total. The van der Waals surface area contributed by atoms with E-state index in [4.69, 9.17) is 4.52 Å². The topological polar surface area (TPSA) is 62.5 Å². The molecule has 2 aromatic heterocycles. The zero-order valence-electron chi connectivity index (χ0n) is 19.6. The van der Waals surface area contributed by atoms with Gasteiger partial charge in [-0.15, -0.1) is 0 Å². The van der Waals surface area contributed by atoms with E-state index in [1.165, 1.54) is 24.0 Å². The van der Waals surface area contributed by atoms with Gasteiger partial charge < -0.3 is 9.42 Å². The third-order valence-corrected chi connectivity index (χ3v) is 6.33. The predicted molar refractivity (Wildman–Crippen MR) is 134 cm³/mol. The van der Waals surface area contributed by atoms with Crippen LogP contribution in [-0.2, 0) is 19.4 Å². The van der Waals surface area contributed by atoms with Crippen molar-refractivity contribution >= 4 is 17.4 Å². The van der Waals surface area contributed by atoms with Gasteiger partial charge in [-0.2, -0.15) is 0 Å². The summed E-state index contributed by atoms with van der Waals surface area (Å²) in [6.45, 7) is 0.380. The monoisotopic (exact) mass is 452 g/mol. The summed E-state index contributed by atoms with van der Waals surface area (Å²) >= 11 is 0. The first-order valence-corrected chi connectivity index (χ1v) is 11.7. The fourth-order valence-electron chi connectivity index (χ4n) is 4.39. The van der Waals surface area contributed by atoms with Gasteiger partial charge in [-0.3, -0.25) is 9.69 Å². The van der Waals surface area contributed by atoms with Crippen molar-refractivity contribution in [1.29, 1.82) is 0 Å². The summed E-state index contributed by atoms with van der Waals surface area (Å²) in [4.78, 5) is 21.7. The molecule has 172 valence electrons. The van der Waals surface area contributed by atoms with E-state index in [1.807, 2.05) is 61.5 Å². The average molecular weight is 453 g/mol. The molecule has 0 bridgehead atoms.